The van der Waals surface area contributed by atoms with Crippen LogP contribution in [0.5, 0.6) is 0 Å². The summed E-state index contributed by atoms with van der Waals surface area (Å²) in [5.74, 6) is -0.692. The van der Waals surface area contributed by atoms with Crippen molar-refractivity contribution in [3.63, 3.8) is 0 Å². The van der Waals surface area contributed by atoms with E-state index in [4.69, 9.17) is 0 Å². The summed E-state index contributed by atoms with van der Waals surface area (Å²) >= 11 is 0. The fraction of sp³-hybridized carbons (Fsp3) is 0.562. The number of carboxylic acid groups (broad SMARTS) is 1. The van der Waals surface area contributed by atoms with Crippen molar-refractivity contribution in [2.24, 2.45) is 0 Å². The first kappa shape index (κ1) is 14.1. The smallest absolute Gasteiger partial charge is 0.321 e. The van der Waals surface area contributed by atoms with Crippen molar-refractivity contribution >= 4 is 5.97 Å². The third kappa shape index (κ3) is 3.35. The van der Waals surface area contributed by atoms with E-state index < -0.39 is 5.97 Å². The Balaban J connectivity index is 2.16. The average molecular weight is 261 g/mol. The van der Waals surface area contributed by atoms with Crippen molar-refractivity contribution < 1.29 is 9.90 Å². The second kappa shape index (κ2) is 6.20. The predicted molar refractivity (Wildman–Crippen MR) is 76.5 cm³/mol. The molecule has 0 saturated carbocycles. The quantitative estimate of drug-likeness (QED) is 0.906. The number of benzene rings is 1. The van der Waals surface area contributed by atoms with Gasteiger partial charge >= 0.3 is 5.97 Å². The summed E-state index contributed by atoms with van der Waals surface area (Å²) in [5.41, 5.74) is 3.63. The standard InChI is InChI=1S/C16H23NO2/c1-12-7-6-8-14(13(12)2)11-15(16(18)19)17-9-4-3-5-10-17/h6-8,15H,3-5,9-11H2,1-2H3,(H,18,19). The van der Waals surface area contributed by atoms with Crippen LogP contribution in [0.1, 0.15) is 36.0 Å². The Kier molecular flexibility index (Phi) is 4.59. The molecule has 0 spiro atoms. The first-order chi connectivity index (χ1) is 9.09. The van der Waals surface area contributed by atoms with Crippen LogP contribution >= 0.6 is 0 Å². The second-order valence-corrected chi connectivity index (χ2v) is 5.51. The van der Waals surface area contributed by atoms with Crippen LogP contribution < -0.4 is 0 Å². The maximum absolute atomic E-state index is 11.6. The van der Waals surface area contributed by atoms with Gasteiger partial charge in [-0.1, -0.05) is 24.6 Å². The Morgan fingerprint density at radius 2 is 1.95 bits per heavy atom. The molecule has 1 aromatic carbocycles. The fourth-order valence-electron chi connectivity index (χ4n) is 2.84. The maximum Gasteiger partial charge on any atom is 0.321 e. The monoisotopic (exact) mass is 261 g/mol. The van der Waals surface area contributed by atoms with Gasteiger partial charge in [0.05, 0.1) is 0 Å². The molecule has 1 atom stereocenters. The molecule has 0 amide bonds. The fourth-order valence-corrected chi connectivity index (χ4v) is 2.84. The number of piperidine rings is 1. The molecule has 1 unspecified atom stereocenters. The number of hydrogen-bond acceptors (Lipinski definition) is 2. The number of aryl methyl sites for hydroxylation is 1. The van der Waals surface area contributed by atoms with Gasteiger partial charge in [0.15, 0.2) is 0 Å². The van der Waals surface area contributed by atoms with E-state index in [0.29, 0.717) is 6.42 Å². The summed E-state index contributed by atoms with van der Waals surface area (Å²) in [4.78, 5) is 13.7. The molecule has 1 saturated heterocycles. The molecule has 1 fully saturated rings. The molecular weight excluding hydrogens is 238 g/mol. The first-order valence-corrected chi connectivity index (χ1v) is 7.11. The number of carbonyl (C=O) groups is 1. The lowest BCUT2D eigenvalue weighted by Gasteiger charge is -2.32. The van der Waals surface area contributed by atoms with Gasteiger partial charge in [-0.3, -0.25) is 9.69 Å². The third-order valence-corrected chi connectivity index (χ3v) is 4.25. The highest BCUT2D eigenvalue weighted by atomic mass is 16.4. The van der Waals surface area contributed by atoms with Gasteiger partial charge in [0, 0.05) is 0 Å². The molecule has 3 nitrogen and oxygen atoms in total. The highest BCUT2D eigenvalue weighted by molar-refractivity contribution is 5.74. The van der Waals surface area contributed by atoms with Crippen molar-refractivity contribution in [3.05, 3.63) is 34.9 Å². The van der Waals surface area contributed by atoms with E-state index in [0.717, 1.165) is 31.5 Å². The summed E-state index contributed by atoms with van der Waals surface area (Å²) in [5, 5.41) is 9.51. The topological polar surface area (TPSA) is 40.5 Å². The first-order valence-electron chi connectivity index (χ1n) is 7.11. The van der Waals surface area contributed by atoms with Gasteiger partial charge in [0.25, 0.3) is 0 Å². The number of aliphatic carboxylic acids is 1. The highest BCUT2D eigenvalue weighted by Gasteiger charge is 2.27. The van der Waals surface area contributed by atoms with Crippen LogP contribution in [0.2, 0.25) is 0 Å². The third-order valence-electron chi connectivity index (χ3n) is 4.25. The molecule has 1 heterocycles. The minimum atomic E-state index is -0.692. The Morgan fingerprint density at radius 3 is 2.58 bits per heavy atom. The number of carboxylic acids is 1. The van der Waals surface area contributed by atoms with E-state index in [1.165, 1.54) is 17.5 Å². The van der Waals surface area contributed by atoms with Gasteiger partial charge in [-0.25, -0.2) is 0 Å². The molecular formula is C16H23NO2. The van der Waals surface area contributed by atoms with Crippen molar-refractivity contribution in [2.75, 3.05) is 13.1 Å². The summed E-state index contributed by atoms with van der Waals surface area (Å²) < 4.78 is 0. The predicted octanol–water partition coefficient (Wildman–Crippen LogP) is 2.79. The molecule has 1 aliphatic heterocycles. The molecule has 1 aliphatic rings. The minimum Gasteiger partial charge on any atom is -0.480 e. The Labute approximate surface area is 115 Å². The summed E-state index contributed by atoms with van der Waals surface area (Å²) in [6.07, 6.45) is 4.09. The number of rotatable bonds is 4. The Bertz CT molecular complexity index is 450. The van der Waals surface area contributed by atoms with Crippen molar-refractivity contribution in [3.8, 4) is 0 Å². The Hall–Kier alpha value is -1.35. The van der Waals surface area contributed by atoms with E-state index in [1.54, 1.807) is 0 Å². The van der Waals surface area contributed by atoms with Crippen molar-refractivity contribution in [1.29, 1.82) is 0 Å². The van der Waals surface area contributed by atoms with Crippen LogP contribution in [0.3, 0.4) is 0 Å². The van der Waals surface area contributed by atoms with Crippen LogP contribution in [0.15, 0.2) is 18.2 Å². The van der Waals surface area contributed by atoms with Crippen molar-refractivity contribution in [1.82, 2.24) is 4.90 Å². The molecule has 104 valence electrons. The SMILES string of the molecule is Cc1cccc(CC(C(=O)O)N2CCCCC2)c1C. The van der Waals surface area contributed by atoms with E-state index in [1.807, 2.05) is 6.07 Å². The van der Waals surface area contributed by atoms with Gasteiger partial charge in [-0.2, -0.15) is 0 Å². The van der Waals surface area contributed by atoms with Crippen LogP contribution in [0.4, 0.5) is 0 Å². The molecule has 1 aromatic rings. The molecule has 0 bridgehead atoms. The van der Waals surface area contributed by atoms with Crippen LogP contribution in [-0.4, -0.2) is 35.1 Å². The summed E-state index contributed by atoms with van der Waals surface area (Å²) in [6, 6.07) is 5.78. The van der Waals surface area contributed by atoms with E-state index in [-0.39, 0.29) is 6.04 Å². The largest absolute Gasteiger partial charge is 0.480 e. The molecule has 3 heteroatoms. The molecule has 0 radical (unpaired) electrons. The van der Waals surface area contributed by atoms with Crippen molar-refractivity contribution in [2.45, 2.75) is 45.6 Å². The van der Waals surface area contributed by atoms with Crippen LogP contribution in [0.25, 0.3) is 0 Å². The number of nitrogens with zero attached hydrogens (tertiary/aromatic N) is 1. The van der Waals surface area contributed by atoms with Gasteiger partial charge < -0.3 is 5.11 Å². The van der Waals surface area contributed by atoms with Crippen LogP contribution in [-0.2, 0) is 11.2 Å². The van der Waals surface area contributed by atoms with Gasteiger partial charge in [-0.15, -0.1) is 0 Å². The van der Waals surface area contributed by atoms with Gasteiger partial charge in [-0.05, 0) is 62.9 Å². The second-order valence-electron chi connectivity index (χ2n) is 5.51. The van der Waals surface area contributed by atoms with E-state index in [9.17, 15) is 9.90 Å². The summed E-state index contributed by atoms with van der Waals surface area (Å²) in [7, 11) is 0. The van der Waals surface area contributed by atoms with E-state index in [2.05, 4.69) is 30.9 Å². The van der Waals surface area contributed by atoms with Gasteiger partial charge in [0.2, 0.25) is 0 Å². The summed E-state index contributed by atoms with van der Waals surface area (Å²) in [6.45, 7) is 6.00. The average Bonchev–Trinajstić information content (AvgIpc) is 2.41. The lowest BCUT2D eigenvalue weighted by atomic mass is 9.96. The zero-order chi connectivity index (χ0) is 13.8. The zero-order valence-electron chi connectivity index (χ0n) is 11.9. The molecule has 0 aromatic heterocycles. The maximum atomic E-state index is 11.6. The molecule has 0 aliphatic carbocycles. The molecule has 19 heavy (non-hydrogen) atoms. The number of likely N-dealkylation sites (tertiary alicyclic amines) is 1. The lowest BCUT2D eigenvalue weighted by molar-refractivity contribution is -0.143. The lowest BCUT2D eigenvalue weighted by Crippen LogP contribution is -2.45. The Morgan fingerprint density at radius 1 is 1.26 bits per heavy atom. The van der Waals surface area contributed by atoms with Gasteiger partial charge in [0.1, 0.15) is 6.04 Å². The normalized spacial score (nSPS) is 18.2. The zero-order valence-corrected chi connectivity index (χ0v) is 11.9. The molecule has 2 rings (SSSR count). The molecule has 1 N–H and O–H groups in total. The highest BCUT2D eigenvalue weighted by Crippen LogP contribution is 2.19. The number of hydrogen-bond donors (Lipinski definition) is 1. The minimum absolute atomic E-state index is 0.374. The van der Waals surface area contributed by atoms with E-state index >= 15 is 0 Å². The van der Waals surface area contributed by atoms with Crippen LogP contribution in [0, 0.1) is 13.8 Å².